The van der Waals surface area contributed by atoms with Gasteiger partial charge in [0.15, 0.2) is 0 Å². The Bertz CT molecular complexity index is 502. The van der Waals surface area contributed by atoms with Crippen LogP contribution in [0.25, 0.3) is 0 Å². The lowest BCUT2D eigenvalue weighted by Gasteiger charge is -2.18. The van der Waals surface area contributed by atoms with Crippen LogP contribution in [-0.4, -0.2) is 71.7 Å². The van der Waals surface area contributed by atoms with E-state index in [-0.39, 0.29) is 43.9 Å². The number of hydrogen-bond acceptors (Lipinski definition) is 9. The normalized spacial score (nSPS) is 14.1. The first kappa shape index (κ1) is 25.4. The van der Waals surface area contributed by atoms with E-state index < -0.39 is 23.9 Å². The van der Waals surface area contributed by atoms with E-state index in [1.54, 1.807) is 0 Å². The van der Waals surface area contributed by atoms with Gasteiger partial charge in [-0.1, -0.05) is 6.58 Å². The Morgan fingerprint density at radius 1 is 1.26 bits per heavy atom. The summed E-state index contributed by atoms with van der Waals surface area (Å²) >= 11 is 1.40. The molecule has 1 amide bonds. The Labute approximate surface area is 163 Å². The number of nitrogens with one attached hydrogen (secondary N) is 1. The van der Waals surface area contributed by atoms with Gasteiger partial charge in [0.25, 0.3) is 0 Å². The molecule has 0 bridgehead atoms. The van der Waals surface area contributed by atoms with Crippen molar-refractivity contribution in [1.82, 2.24) is 5.32 Å². The number of carbonyl (C=O) groups is 3. The smallest absolute Gasteiger partial charge is 0.333 e. The first-order valence-electron chi connectivity index (χ1n) is 8.55. The Hall–Kier alpha value is -1.62. The van der Waals surface area contributed by atoms with Crippen molar-refractivity contribution in [3.05, 3.63) is 12.2 Å². The van der Waals surface area contributed by atoms with E-state index in [1.807, 2.05) is 6.92 Å². The van der Waals surface area contributed by atoms with Gasteiger partial charge in [-0.05, 0) is 20.3 Å². The summed E-state index contributed by atoms with van der Waals surface area (Å²) in [7, 11) is 0. The number of ether oxygens (including phenoxy) is 2. The first-order valence-corrected chi connectivity index (χ1v) is 9.70. The Kier molecular flexibility index (Phi) is 13.6. The highest BCUT2D eigenvalue weighted by Crippen LogP contribution is 2.15. The van der Waals surface area contributed by atoms with Crippen LogP contribution < -0.4 is 11.1 Å². The number of primary amides is 1. The van der Waals surface area contributed by atoms with E-state index in [4.69, 9.17) is 20.3 Å². The maximum absolute atomic E-state index is 11.6. The van der Waals surface area contributed by atoms with E-state index in [0.29, 0.717) is 17.9 Å². The standard InChI is InChI=1S/C17H30N2O7S/c1-11(2)17(24)26-8-14(21)7-25-15(22)4-5-27-9-13(16(18)23)6-12(3)19-10-20/h12-14,19-21H,1,4-10H2,2-3H3,(H2,18,23). The second kappa shape index (κ2) is 14.4. The molecule has 0 radical (unpaired) electrons. The Morgan fingerprint density at radius 2 is 1.89 bits per heavy atom. The van der Waals surface area contributed by atoms with Crippen molar-refractivity contribution in [3.63, 3.8) is 0 Å². The van der Waals surface area contributed by atoms with Gasteiger partial charge in [0, 0.05) is 29.0 Å². The zero-order chi connectivity index (χ0) is 20.8. The highest BCUT2D eigenvalue weighted by atomic mass is 32.2. The monoisotopic (exact) mass is 406 g/mol. The number of nitrogens with two attached hydrogens (primary N) is 1. The second-order valence-corrected chi connectivity index (χ2v) is 7.29. The number of aliphatic hydroxyl groups excluding tert-OH is 2. The van der Waals surface area contributed by atoms with Gasteiger partial charge in [0.1, 0.15) is 19.3 Å². The molecule has 0 aromatic rings. The van der Waals surface area contributed by atoms with Crippen molar-refractivity contribution in [2.75, 3.05) is 31.5 Å². The minimum atomic E-state index is -1.11. The summed E-state index contributed by atoms with van der Waals surface area (Å²) in [6.07, 6.45) is -0.508. The van der Waals surface area contributed by atoms with Crippen LogP contribution >= 0.6 is 11.8 Å². The summed E-state index contributed by atoms with van der Waals surface area (Å²) in [5.41, 5.74) is 5.58. The van der Waals surface area contributed by atoms with Crippen molar-refractivity contribution in [2.24, 2.45) is 11.7 Å². The van der Waals surface area contributed by atoms with Gasteiger partial charge in [-0.25, -0.2) is 4.79 Å². The molecule has 0 rings (SSSR count). The van der Waals surface area contributed by atoms with Gasteiger partial charge in [0.05, 0.1) is 13.2 Å². The third-order valence-electron chi connectivity index (χ3n) is 3.44. The minimum Gasteiger partial charge on any atom is -0.463 e. The van der Waals surface area contributed by atoms with Gasteiger partial charge in [0.2, 0.25) is 5.91 Å². The largest absolute Gasteiger partial charge is 0.463 e. The SMILES string of the molecule is C=C(C)C(=O)OCC(O)COC(=O)CCSCC(CC(C)NCO)C(N)=O. The van der Waals surface area contributed by atoms with Crippen molar-refractivity contribution in [1.29, 1.82) is 0 Å². The summed E-state index contributed by atoms with van der Waals surface area (Å²) < 4.78 is 9.65. The summed E-state index contributed by atoms with van der Waals surface area (Å²) in [6, 6.07) is -0.0569. The maximum Gasteiger partial charge on any atom is 0.333 e. The second-order valence-electron chi connectivity index (χ2n) is 6.14. The molecule has 0 fully saturated rings. The van der Waals surface area contributed by atoms with Crippen LogP contribution in [0.5, 0.6) is 0 Å². The molecule has 0 aliphatic heterocycles. The van der Waals surface area contributed by atoms with E-state index in [2.05, 4.69) is 11.9 Å². The molecule has 0 aliphatic rings. The number of esters is 2. The van der Waals surface area contributed by atoms with Crippen LogP contribution in [0.15, 0.2) is 12.2 Å². The van der Waals surface area contributed by atoms with E-state index in [1.165, 1.54) is 18.7 Å². The molecule has 0 aromatic carbocycles. The molecule has 0 heterocycles. The molecule has 10 heteroatoms. The van der Waals surface area contributed by atoms with Crippen LogP contribution in [0.1, 0.15) is 26.7 Å². The van der Waals surface area contributed by atoms with Crippen LogP contribution in [0, 0.1) is 5.92 Å². The molecule has 0 aromatic heterocycles. The molecule has 27 heavy (non-hydrogen) atoms. The number of rotatable bonds is 15. The van der Waals surface area contributed by atoms with Crippen LogP contribution in [0.3, 0.4) is 0 Å². The predicted molar refractivity (Wildman–Crippen MR) is 102 cm³/mol. The lowest BCUT2D eigenvalue weighted by Crippen LogP contribution is -2.34. The zero-order valence-corrected chi connectivity index (χ0v) is 16.6. The fourth-order valence-corrected chi connectivity index (χ4v) is 2.98. The molecular weight excluding hydrogens is 376 g/mol. The summed E-state index contributed by atoms with van der Waals surface area (Å²) in [6.45, 7) is 6.00. The summed E-state index contributed by atoms with van der Waals surface area (Å²) in [5, 5.41) is 21.2. The van der Waals surface area contributed by atoms with Crippen LogP contribution in [-0.2, 0) is 23.9 Å². The number of aliphatic hydroxyl groups is 2. The topological polar surface area (TPSA) is 148 Å². The van der Waals surface area contributed by atoms with Gasteiger partial charge in [-0.15, -0.1) is 0 Å². The average Bonchev–Trinajstić information content (AvgIpc) is 2.60. The van der Waals surface area contributed by atoms with Crippen molar-refractivity contribution in [2.45, 2.75) is 38.8 Å². The Morgan fingerprint density at radius 3 is 2.44 bits per heavy atom. The third kappa shape index (κ3) is 13.2. The molecular formula is C17H30N2O7S. The lowest BCUT2D eigenvalue weighted by atomic mass is 10.0. The van der Waals surface area contributed by atoms with Gasteiger partial charge in [-0.3, -0.25) is 14.9 Å². The Balaban J connectivity index is 3.95. The van der Waals surface area contributed by atoms with Crippen LogP contribution in [0.4, 0.5) is 0 Å². The van der Waals surface area contributed by atoms with Crippen LogP contribution in [0.2, 0.25) is 0 Å². The van der Waals surface area contributed by atoms with E-state index in [9.17, 15) is 19.5 Å². The highest BCUT2D eigenvalue weighted by molar-refractivity contribution is 7.99. The highest BCUT2D eigenvalue weighted by Gasteiger charge is 2.19. The van der Waals surface area contributed by atoms with Gasteiger partial charge < -0.3 is 25.4 Å². The molecule has 5 N–H and O–H groups in total. The molecule has 9 nitrogen and oxygen atoms in total. The number of hydrogen-bond donors (Lipinski definition) is 4. The third-order valence-corrected chi connectivity index (χ3v) is 4.57. The lowest BCUT2D eigenvalue weighted by molar-refractivity contribution is -0.150. The summed E-state index contributed by atoms with van der Waals surface area (Å²) in [5.74, 6) is -1.03. The van der Waals surface area contributed by atoms with Crippen molar-refractivity contribution in [3.8, 4) is 0 Å². The number of amides is 1. The molecule has 0 spiro atoms. The number of carbonyl (C=O) groups excluding carboxylic acids is 3. The fraction of sp³-hybridized carbons (Fsp3) is 0.706. The molecule has 0 saturated carbocycles. The fourth-order valence-electron chi connectivity index (χ4n) is 1.92. The molecule has 3 atom stereocenters. The molecule has 3 unspecified atom stereocenters. The zero-order valence-electron chi connectivity index (χ0n) is 15.8. The maximum atomic E-state index is 11.6. The van der Waals surface area contributed by atoms with E-state index in [0.717, 1.165) is 0 Å². The first-order chi connectivity index (χ1) is 12.7. The summed E-state index contributed by atoms with van der Waals surface area (Å²) in [4.78, 5) is 34.3. The number of thioether (sulfide) groups is 1. The van der Waals surface area contributed by atoms with Gasteiger partial charge >= 0.3 is 11.9 Å². The van der Waals surface area contributed by atoms with Gasteiger partial charge in [-0.2, -0.15) is 11.8 Å². The molecule has 0 saturated heterocycles. The van der Waals surface area contributed by atoms with E-state index >= 15 is 0 Å². The average molecular weight is 407 g/mol. The predicted octanol–water partition coefficient (Wildman–Crippen LogP) is -0.447. The molecule has 156 valence electrons. The quantitative estimate of drug-likeness (QED) is 0.123. The van der Waals surface area contributed by atoms with Crippen molar-refractivity contribution >= 4 is 29.6 Å². The van der Waals surface area contributed by atoms with Crippen molar-refractivity contribution < 1.29 is 34.1 Å². The minimum absolute atomic E-state index is 0.0569. The molecule has 0 aliphatic carbocycles.